The molecule has 2 nitrogen and oxygen atoms in total. The zero-order valence-electron chi connectivity index (χ0n) is 8.02. The Balaban J connectivity index is 2.16. The first-order valence-corrected chi connectivity index (χ1v) is 5.41. The van der Waals surface area contributed by atoms with Crippen molar-refractivity contribution in [1.82, 2.24) is 4.67 Å². The van der Waals surface area contributed by atoms with Crippen LogP contribution in [0.3, 0.4) is 0 Å². The first-order chi connectivity index (χ1) is 6.79. The number of nitrogens with zero attached hydrogens (tertiary/aromatic N) is 1. The second kappa shape index (κ2) is 4.20. The summed E-state index contributed by atoms with van der Waals surface area (Å²) in [4.78, 5) is 12.0. The number of hydrogen-bond acceptors (Lipinski definition) is 2. The Morgan fingerprint density at radius 3 is 2.64 bits per heavy atom. The van der Waals surface area contributed by atoms with Crippen molar-refractivity contribution in [1.29, 1.82) is 0 Å². The lowest BCUT2D eigenvalue weighted by atomic mass is 10.0. The zero-order chi connectivity index (χ0) is 9.97. The van der Waals surface area contributed by atoms with Crippen LogP contribution in [0.4, 0.5) is 0 Å². The standard InChI is InChI=1S/C11H14NOP/c13-11(9-5-2-1-3-6-9)10-7-4-8-12(10)14/h1-3,5-6,10H,4,7-8,14H2. The molecule has 0 N–H and O–H groups in total. The van der Waals surface area contributed by atoms with Gasteiger partial charge in [-0.05, 0) is 12.8 Å². The molecule has 1 aromatic rings. The van der Waals surface area contributed by atoms with Gasteiger partial charge in [0.15, 0.2) is 5.78 Å². The smallest absolute Gasteiger partial charge is 0.180 e. The van der Waals surface area contributed by atoms with Crippen LogP contribution in [0.25, 0.3) is 0 Å². The lowest BCUT2D eigenvalue weighted by Crippen LogP contribution is -2.28. The zero-order valence-corrected chi connectivity index (χ0v) is 9.17. The minimum Gasteiger partial charge on any atom is -0.292 e. The molecule has 2 atom stereocenters. The van der Waals surface area contributed by atoms with Gasteiger partial charge in [-0.15, -0.1) is 0 Å². The van der Waals surface area contributed by atoms with Gasteiger partial charge in [0, 0.05) is 12.1 Å². The van der Waals surface area contributed by atoms with Crippen molar-refractivity contribution >= 4 is 15.2 Å². The number of ketones is 1. The van der Waals surface area contributed by atoms with E-state index in [2.05, 4.69) is 14.1 Å². The molecule has 0 saturated carbocycles. The first-order valence-electron chi connectivity index (χ1n) is 4.89. The van der Waals surface area contributed by atoms with Gasteiger partial charge in [-0.3, -0.25) is 9.46 Å². The van der Waals surface area contributed by atoms with Crippen LogP contribution in [-0.4, -0.2) is 23.0 Å². The Labute approximate surface area is 86.6 Å². The maximum absolute atomic E-state index is 12.0. The van der Waals surface area contributed by atoms with Crippen LogP contribution in [0.15, 0.2) is 30.3 Å². The monoisotopic (exact) mass is 207 g/mol. The van der Waals surface area contributed by atoms with E-state index in [0.29, 0.717) is 0 Å². The molecule has 0 radical (unpaired) electrons. The molecule has 14 heavy (non-hydrogen) atoms. The molecule has 0 amide bonds. The number of rotatable bonds is 2. The van der Waals surface area contributed by atoms with Crippen molar-refractivity contribution in [3.05, 3.63) is 35.9 Å². The molecule has 1 fully saturated rings. The number of carbonyl (C=O) groups excluding carboxylic acids is 1. The molecule has 1 aliphatic rings. The highest BCUT2D eigenvalue weighted by atomic mass is 31.0. The summed E-state index contributed by atoms with van der Waals surface area (Å²) < 4.78 is 2.06. The molecule has 2 unspecified atom stereocenters. The Hall–Kier alpha value is -0.720. The van der Waals surface area contributed by atoms with E-state index in [4.69, 9.17) is 0 Å². The Kier molecular flexibility index (Phi) is 2.95. The Morgan fingerprint density at radius 2 is 2.07 bits per heavy atom. The molecule has 1 heterocycles. The Morgan fingerprint density at radius 1 is 1.36 bits per heavy atom. The van der Waals surface area contributed by atoms with Crippen molar-refractivity contribution in [3.63, 3.8) is 0 Å². The van der Waals surface area contributed by atoms with Gasteiger partial charge < -0.3 is 0 Å². The summed E-state index contributed by atoms with van der Waals surface area (Å²) >= 11 is 0. The van der Waals surface area contributed by atoms with Crippen LogP contribution in [0.1, 0.15) is 23.2 Å². The molecule has 0 aliphatic carbocycles. The summed E-state index contributed by atoms with van der Waals surface area (Å²) in [5, 5.41) is 0. The maximum Gasteiger partial charge on any atom is 0.180 e. The van der Waals surface area contributed by atoms with Crippen LogP contribution in [0.2, 0.25) is 0 Å². The largest absolute Gasteiger partial charge is 0.292 e. The van der Waals surface area contributed by atoms with E-state index < -0.39 is 0 Å². The minimum absolute atomic E-state index is 0.0717. The van der Waals surface area contributed by atoms with Crippen LogP contribution in [0, 0.1) is 0 Å². The third kappa shape index (κ3) is 1.87. The first kappa shape index (κ1) is 9.82. The average molecular weight is 207 g/mol. The van der Waals surface area contributed by atoms with E-state index >= 15 is 0 Å². The number of Topliss-reactive ketones (excluding diaryl/α,β-unsaturated/α-hetero) is 1. The lowest BCUT2D eigenvalue weighted by molar-refractivity contribution is 0.0923. The molecule has 1 aliphatic heterocycles. The normalized spacial score (nSPS) is 22.5. The number of hydrogen-bond donors (Lipinski definition) is 0. The number of carbonyl (C=O) groups is 1. The molecular weight excluding hydrogens is 193 g/mol. The third-order valence-electron chi connectivity index (χ3n) is 2.66. The van der Waals surface area contributed by atoms with Gasteiger partial charge in [-0.2, -0.15) is 0 Å². The van der Waals surface area contributed by atoms with Gasteiger partial charge in [0.25, 0.3) is 0 Å². The fourth-order valence-corrected chi connectivity index (χ4v) is 2.33. The highest BCUT2D eigenvalue weighted by molar-refractivity contribution is 7.13. The van der Waals surface area contributed by atoms with E-state index in [-0.39, 0.29) is 11.8 Å². The van der Waals surface area contributed by atoms with E-state index in [0.717, 1.165) is 24.9 Å². The molecule has 74 valence electrons. The van der Waals surface area contributed by atoms with E-state index in [1.807, 2.05) is 30.3 Å². The van der Waals surface area contributed by atoms with Gasteiger partial charge in [-0.1, -0.05) is 39.7 Å². The topological polar surface area (TPSA) is 20.3 Å². The third-order valence-corrected chi connectivity index (χ3v) is 3.27. The molecule has 3 heteroatoms. The van der Waals surface area contributed by atoms with Crippen LogP contribution >= 0.6 is 9.39 Å². The molecular formula is C11H14NOP. The van der Waals surface area contributed by atoms with Crippen LogP contribution in [-0.2, 0) is 0 Å². The molecule has 0 aromatic heterocycles. The predicted molar refractivity (Wildman–Crippen MR) is 60.2 cm³/mol. The second-order valence-corrected chi connectivity index (χ2v) is 4.29. The Bertz CT molecular complexity index is 325. The summed E-state index contributed by atoms with van der Waals surface area (Å²) in [6.07, 6.45) is 2.10. The fourth-order valence-electron chi connectivity index (χ4n) is 1.87. The second-order valence-electron chi connectivity index (χ2n) is 3.63. The van der Waals surface area contributed by atoms with Crippen molar-refractivity contribution in [2.75, 3.05) is 6.54 Å². The predicted octanol–water partition coefficient (Wildman–Crippen LogP) is 2.12. The molecule has 1 saturated heterocycles. The SMILES string of the molecule is O=C(c1ccccc1)C1CCCN1P. The van der Waals surface area contributed by atoms with E-state index in [1.165, 1.54) is 0 Å². The highest BCUT2D eigenvalue weighted by Gasteiger charge is 2.28. The molecule has 0 spiro atoms. The minimum atomic E-state index is 0.0717. The quantitative estimate of drug-likeness (QED) is 0.547. The van der Waals surface area contributed by atoms with Gasteiger partial charge in [0.2, 0.25) is 0 Å². The summed E-state index contributed by atoms with van der Waals surface area (Å²) in [6, 6.07) is 9.61. The highest BCUT2D eigenvalue weighted by Crippen LogP contribution is 2.23. The number of benzene rings is 1. The van der Waals surface area contributed by atoms with Crippen LogP contribution in [0.5, 0.6) is 0 Å². The lowest BCUT2D eigenvalue weighted by Gasteiger charge is -2.17. The van der Waals surface area contributed by atoms with Crippen molar-refractivity contribution in [2.45, 2.75) is 18.9 Å². The molecule has 2 rings (SSSR count). The van der Waals surface area contributed by atoms with Crippen molar-refractivity contribution in [3.8, 4) is 0 Å². The van der Waals surface area contributed by atoms with Crippen LogP contribution < -0.4 is 0 Å². The van der Waals surface area contributed by atoms with Gasteiger partial charge in [-0.25, -0.2) is 0 Å². The van der Waals surface area contributed by atoms with Crippen molar-refractivity contribution < 1.29 is 4.79 Å². The van der Waals surface area contributed by atoms with E-state index in [9.17, 15) is 4.79 Å². The summed E-state index contributed by atoms with van der Waals surface area (Å²) in [6.45, 7) is 1.01. The summed E-state index contributed by atoms with van der Waals surface area (Å²) in [5.41, 5.74) is 0.826. The van der Waals surface area contributed by atoms with Gasteiger partial charge in [0.1, 0.15) is 0 Å². The molecule has 1 aromatic carbocycles. The average Bonchev–Trinajstić information content (AvgIpc) is 2.65. The maximum atomic E-state index is 12.0. The van der Waals surface area contributed by atoms with Gasteiger partial charge >= 0.3 is 0 Å². The molecule has 0 bridgehead atoms. The van der Waals surface area contributed by atoms with E-state index in [1.54, 1.807) is 0 Å². The fraction of sp³-hybridized carbons (Fsp3) is 0.364. The van der Waals surface area contributed by atoms with Crippen molar-refractivity contribution in [2.24, 2.45) is 0 Å². The van der Waals surface area contributed by atoms with Gasteiger partial charge in [0.05, 0.1) is 6.04 Å². The summed E-state index contributed by atoms with van der Waals surface area (Å²) in [5.74, 6) is 0.248. The summed E-state index contributed by atoms with van der Waals surface area (Å²) in [7, 11) is 2.64.